The number of likely N-dealkylation sites (N-methyl/N-ethyl adjacent to an activating group) is 1. The fraction of sp³-hybridized carbons (Fsp3) is 1.00. The van der Waals surface area contributed by atoms with Crippen LogP contribution in [0.3, 0.4) is 0 Å². The molecule has 3 atom stereocenters. The van der Waals surface area contributed by atoms with Gasteiger partial charge < -0.3 is 15.0 Å². The summed E-state index contributed by atoms with van der Waals surface area (Å²) in [6, 6.07) is 0.757. The minimum absolute atomic E-state index is 0.479. The molecular formula is C16H32N2O. The molecule has 1 aliphatic carbocycles. The third-order valence-corrected chi connectivity index (χ3v) is 4.80. The molecule has 19 heavy (non-hydrogen) atoms. The second kappa shape index (κ2) is 8.23. The van der Waals surface area contributed by atoms with Gasteiger partial charge in [0.25, 0.3) is 0 Å². The number of rotatable bonds is 6. The third-order valence-electron chi connectivity index (χ3n) is 4.80. The summed E-state index contributed by atoms with van der Waals surface area (Å²) in [6.45, 7) is 6.73. The van der Waals surface area contributed by atoms with Crippen LogP contribution in [0.4, 0.5) is 0 Å². The number of hydrogen-bond donors (Lipinski definition) is 1. The maximum Gasteiger partial charge on any atom is 0.0701 e. The lowest BCUT2D eigenvalue weighted by molar-refractivity contribution is -0.00139. The lowest BCUT2D eigenvalue weighted by Gasteiger charge is -2.31. The summed E-state index contributed by atoms with van der Waals surface area (Å²) < 4.78 is 5.80. The average molecular weight is 268 g/mol. The largest absolute Gasteiger partial charge is 0.377 e. The number of nitrogens with zero attached hydrogens (tertiary/aromatic N) is 1. The molecule has 3 nitrogen and oxygen atoms in total. The van der Waals surface area contributed by atoms with E-state index in [4.69, 9.17) is 4.74 Å². The molecule has 1 heterocycles. The molecule has 0 spiro atoms. The predicted molar refractivity (Wildman–Crippen MR) is 80.5 cm³/mol. The lowest BCUT2D eigenvalue weighted by atomic mass is 9.86. The van der Waals surface area contributed by atoms with Crippen LogP contribution in [0.25, 0.3) is 0 Å². The second-order valence-electron chi connectivity index (χ2n) is 6.57. The van der Waals surface area contributed by atoms with E-state index in [0.29, 0.717) is 6.10 Å². The van der Waals surface area contributed by atoms with Crippen LogP contribution in [0.2, 0.25) is 0 Å². The van der Waals surface area contributed by atoms with E-state index in [0.717, 1.165) is 38.2 Å². The summed E-state index contributed by atoms with van der Waals surface area (Å²) in [7, 11) is 2.23. The first kappa shape index (κ1) is 15.3. The summed E-state index contributed by atoms with van der Waals surface area (Å²) in [5.74, 6) is 0.862. The molecule has 0 aromatic carbocycles. The number of nitrogens with one attached hydrogen (secondary N) is 1. The van der Waals surface area contributed by atoms with Gasteiger partial charge in [-0.1, -0.05) is 19.8 Å². The van der Waals surface area contributed by atoms with Crippen molar-refractivity contribution in [1.82, 2.24) is 10.2 Å². The minimum atomic E-state index is 0.479. The van der Waals surface area contributed by atoms with Crippen molar-refractivity contribution >= 4 is 0 Å². The van der Waals surface area contributed by atoms with Crippen molar-refractivity contribution in [1.29, 1.82) is 0 Å². The zero-order chi connectivity index (χ0) is 13.5. The Morgan fingerprint density at radius 2 is 1.89 bits per heavy atom. The van der Waals surface area contributed by atoms with E-state index in [1.807, 2.05) is 0 Å². The molecule has 1 aliphatic heterocycles. The molecule has 1 saturated heterocycles. The fourth-order valence-corrected chi connectivity index (χ4v) is 3.45. The van der Waals surface area contributed by atoms with Gasteiger partial charge in [0.1, 0.15) is 0 Å². The first-order valence-electron chi connectivity index (χ1n) is 8.29. The van der Waals surface area contributed by atoms with Crippen molar-refractivity contribution in [3.05, 3.63) is 0 Å². The van der Waals surface area contributed by atoms with Crippen LogP contribution in [0.1, 0.15) is 51.9 Å². The first-order valence-corrected chi connectivity index (χ1v) is 8.29. The summed E-state index contributed by atoms with van der Waals surface area (Å²) in [5.41, 5.74) is 0. The monoisotopic (exact) mass is 268 g/mol. The lowest BCUT2D eigenvalue weighted by Crippen LogP contribution is -2.42. The topological polar surface area (TPSA) is 24.5 Å². The molecule has 0 bridgehead atoms. The van der Waals surface area contributed by atoms with E-state index < -0.39 is 0 Å². The van der Waals surface area contributed by atoms with Crippen molar-refractivity contribution in [2.75, 3.05) is 33.3 Å². The third kappa shape index (κ3) is 5.41. The maximum atomic E-state index is 5.80. The highest BCUT2D eigenvalue weighted by atomic mass is 16.5. The van der Waals surface area contributed by atoms with E-state index in [2.05, 4.69) is 24.2 Å². The van der Waals surface area contributed by atoms with E-state index >= 15 is 0 Å². The van der Waals surface area contributed by atoms with Gasteiger partial charge in [-0.25, -0.2) is 0 Å². The maximum absolute atomic E-state index is 5.80. The van der Waals surface area contributed by atoms with Crippen molar-refractivity contribution in [3.8, 4) is 0 Å². The molecule has 2 aliphatic rings. The highest BCUT2D eigenvalue weighted by Gasteiger charge is 2.20. The Morgan fingerprint density at radius 1 is 1.11 bits per heavy atom. The van der Waals surface area contributed by atoms with Crippen LogP contribution in [-0.2, 0) is 4.74 Å². The summed E-state index contributed by atoms with van der Waals surface area (Å²) >= 11 is 0. The van der Waals surface area contributed by atoms with Crippen molar-refractivity contribution < 1.29 is 4.74 Å². The number of ether oxygens (including phenoxy) is 1. The van der Waals surface area contributed by atoms with E-state index in [-0.39, 0.29) is 0 Å². The zero-order valence-electron chi connectivity index (χ0n) is 12.9. The molecule has 1 N–H and O–H groups in total. The minimum Gasteiger partial charge on any atom is -0.377 e. The SMILES string of the molecule is CC1CCCCC1NCCN(C)CC1CCCCO1. The Kier molecular flexibility index (Phi) is 6.62. The van der Waals surface area contributed by atoms with E-state index in [9.17, 15) is 0 Å². The van der Waals surface area contributed by atoms with Gasteiger partial charge in [-0.2, -0.15) is 0 Å². The van der Waals surface area contributed by atoms with Crippen LogP contribution in [0.5, 0.6) is 0 Å². The Bertz CT molecular complexity index is 241. The van der Waals surface area contributed by atoms with Gasteiger partial charge in [0.05, 0.1) is 6.10 Å². The van der Waals surface area contributed by atoms with Gasteiger partial charge in [0, 0.05) is 32.3 Å². The van der Waals surface area contributed by atoms with Crippen molar-refractivity contribution in [2.45, 2.75) is 64.0 Å². The van der Waals surface area contributed by atoms with Crippen molar-refractivity contribution in [2.24, 2.45) is 5.92 Å². The van der Waals surface area contributed by atoms with Gasteiger partial charge in [-0.15, -0.1) is 0 Å². The molecule has 112 valence electrons. The van der Waals surface area contributed by atoms with Gasteiger partial charge in [-0.3, -0.25) is 0 Å². The fourth-order valence-electron chi connectivity index (χ4n) is 3.45. The molecule has 0 aromatic heterocycles. The molecule has 0 amide bonds. The van der Waals surface area contributed by atoms with Gasteiger partial charge in [-0.05, 0) is 45.1 Å². The van der Waals surface area contributed by atoms with Gasteiger partial charge in [0.2, 0.25) is 0 Å². The van der Waals surface area contributed by atoms with E-state index in [1.165, 1.54) is 44.9 Å². The predicted octanol–water partition coefficient (Wildman–Crippen LogP) is 2.66. The van der Waals surface area contributed by atoms with E-state index in [1.54, 1.807) is 0 Å². The number of hydrogen-bond acceptors (Lipinski definition) is 3. The standard InChI is InChI=1S/C16H32N2O/c1-14-7-3-4-9-16(14)17-10-11-18(2)13-15-8-5-6-12-19-15/h14-17H,3-13H2,1-2H3. The molecule has 2 fully saturated rings. The molecule has 0 aromatic rings. The Balaban J connectivity index is 1.56. The molecule has 0 radical (unpaired) electrons. The Morgan fingerprint density at radius 3 is 2.63 bits per heavy atom. The first-order chi connectivity index (χ1) is 9.25. The second-order valence-corrected chi connectivity index (χ2v) is 6.57. The molecule has 3 unspecified atom stereocenters. The average Bonchev–Trinajstić information content (AvgIpc) is 2.42. The molecule has 3 heteroatoms. The Labute approximate surface area is 119 Å². The highest BCUT2D eigenvalue weighted by Crippen LogP contribution is 2.23. The van der Waals surface area contributed by atoms with Crippen LogP contribution in [0, 0.1) is 5.92 Å². The van der Waals surface area contributed by atoms with Crippen LogP contribution < -0.4 is 5.32 Å². The normalized spacial score (nSPS) is 32.7. The summed E-state index contributed by atoms with van der Waals surface area (Å²) in [4.78, 5) is 2.43. The van der Waals surface area contributed by atoms with Crippen LogP contribution in [0.15, 0.2) is 0 Å². The summed E-state index contributed by atoms with van der Waals surface area (Å²) in [5, 5.41) is 3.76. The van der Waals surface area contributed by atoms with Crippen LogP contribution in [-0.4, -0.2) is 50.3 Å². The van der Waals surface area contributed by atoms with Crippen LogP contribution >= 0.6 is 0 Å². The molecule has 1 saturated carbocycles. The van der Waals surface area contributed by atoms with Gasteiger partial charge in [0.15, 0.2) is 0 Å². The van der Waals surface area contributed by atoms with Gasteiger partial charge >= 0.3 is 0 Å². The molecular weight excluding hydrogens is 236 g/mol. The smallest absolute Gasteiger partial charge is 0.0701 e. The Hall–Kier alpha value is -0.120. The summed E-state index contributed by atoms with van der Waals surface area (Å²) in [6.07, 6.45) is 9.94. The zero-order valence-corrected chi connectivity index (χ0v) is 12.9. The highest BCUT2D eigenvalue weighted by molar-refractivity contribution is 4.78. The molecule has 2 rings (SSSR count). The quantitative estimate of drug-likeness (QED) is 0.801. The van der Waals surface area contributed by atoms with Crippen molar-refractivity contribution in [3.63, 3.8) is 0 Å².